The number of aryl methyl sites for hydroxylation is 1. The van der Waals surface area contributed by atoms with Gasteiger partial charge in [-0.25, -0.2) is 0 Å². The van der Waals surface area contributed by atoms with Crippen molar-refractivity contribution in [1.82, 2.24) is 20.1 Å². The molecular formula is C19H30N4O2. The highest BCUT2D eigenvalue weighted by molar-refractivity contribution is 5.83. The van der Waals surface area contributed by atoms with Crippen LogP contribution in [0.5, 0.6) is 0 Å². The van der Waals surface area contributed by atoms with Crippen molar-refractivity contribution in [1.29, 1.82) is 0 Å². The van der Waals surface area contributed by atoms with Gasteiger partial charge in [-0.3, -0.25) is 14.6 Å². The summed E-state index contributed by atoms with van der Waals surface area (Å²) in [5.74, 6) is 0.178. The van der Waals surface area contributed by atoms with E-state index < -0.39 is 0 Å². The summed E-state index contributed by atoms with van der Waals surface area (Å²) in [6, 6.07) is 5.94. The number of amides is 2. The first-order valence-corrected chi connectivity index (χ1v) is 9.16. The zero-order chi connectivity index (χ0) is 18.1. The molecule has 2 rings (SSSR count). The summed E-state index contributed by atoms with van der Waals surface area (Å²) in [4.78, 5) is 32.5. The monoisotopic (exact) mass is 346 g/mol. The SMILES string of the molecule is CN(C)CCN1CC(C(=O)NCCCCc2ccccn2)CCC1=O. The first kappa shape index (κ1) is 19.4. The summed E-state index contributed by atoms with van der Waals surface area (Å²) in [7, 11) is 3.98. The van der Waals surface area contributed by atoms with Gasteiger partial charge in [-0.05, 0) is 51.9 Å². The normalized spacial score (nSPS) is 17.8. The van der Waals surface area contributed by atoms with Gasteiger partial charge < -0.3 is 15.1 Å². The van der Waals surface area contributed by atoms with Crippen molar-refractivity contribution in [2.45, 2.75) is 32.1 Å². The lowest BCUT2D eigenvalue weighted by atomic mass is 9.96. The first-order chi connectivity index (χ1) is 12.1. The van der Waals surface area contributed by atoms with E-state index in [1.165, 1.54) is 0 Å². The summed E-state index contributed by atoms with van der Waals surface area (Å²) in [5, 5.41) is 3.03. The van der Waals surface area contributed by atoms with Gasteiger partial charge in [-0.15, -0.1) is 0 Å². The number of nitrogens with zero attached hydrogens (tertiary/aromatic N) is 3. The number of hydrogen-bond donors (Lipinski definition) is 1. The topological polar surface area (TPSA) is 65.5 Å². The fraction of sp³-hybridized carbons (Fsp3) is 0.632. The second-order valence-corrected chi connectivity index (χ2v) is 6.95. The van der Waals surface area contributed by atoms with Crippen LogP contribution in [0, 0.1) is 5.92 Å². The Morgan fingerprint density at radius 1 is 1.36 bits per heavy atom. The van der Waals surface area contributed by atoms with Gasteiger partial charge in [0.25, 0.3) is 0 Å². The van der Waals surface area contributed by atoms with E-state index in [0.29, 0.717) is 32.5 Å². The maximum atomic E-state index is 12.3. The van der Waals surface area contributed by atoms with Crippen molar-refractivity contribution >= 4 is 11.8 Å². The van der Waals surface area contributed by atoms with Gasteiger partial charge >= 0.3 is 0 Å². The lowest BCUT2D eigenvalue weighted by Crippen LogP contribution is -2.47. The summed E-state index contributed by atoms with van der Waals surface area (Å²) < 4.78 is 0. The van der Waals surface area contributed by atoms with Crippen LogP contribution < -0.4 is 5.32 Å². The second kappa shape index (κ2) is 10.1. The number of carbonyl (C=O) groups is 2. The smallest absolute Gasteiger partial charge is 0.224 e. The van der Waals surface area contributed by atoms with Crippen LogP contribution in [0.3, 0.4) is 0 Å². The Hall–Kier alpha value is -1.95. The van der Waals surface area contributed by atoms with Gasteiger partial charge in [0.1, 0.15) is 0 Å². The molecule has 25 heavy (non-hydrogen) atoms. The second-order valence-electron chi connectivity index (χ2n) is 6.95. The molecule has 1 saturated heterocycles. The molecule has 0 bridgehead atoms. The van der Waals surface area contributed by atoms with E-state index in [0.717, 1.165) is 31.5 Å². The number of piperidine rings is 1. The quantitative estimate of drug-likeness (QED) is 0.685. The lowest BCUT2D eigenvalue weighted by molar-refractivity contribution is -0.138. The number of pyridine rings is 1. The standard InChI is InChI=1S/C19H30N4O2/c1-22(2)13-14-23-15-16(9-10-18(23)24)19(25)21-12-6-4-8-17-7-3-5-11-20-17/h3,5,7,11,16H,4,6,8-10,12-15H2,1-2H3,(H,21,25). The number of likely N-dealkylation sites (N-methyl/N-ethyl adjacent to an activating group) is 1. The van der Waals surface area contributed by atoms with Crippen LogP contribution in [-0.2, 0) is 16.0 Å². The third-order valence-electron chi connectivity index (χ3n) is 4.57. The molecule has 6 heteroatoms. The molecule has 0 aliphatic carbocycles. The molecule has 0 aromatic carbocycles. The Bertz CT molecular complexity index is 548. The Morgan fingerprint density at radius 2 is 2.20 bits per heavy atom. The predicted octanol–water partition coefficient (Wildman–Crippen LogP) is 1.32. The average Bonchev–Trinajstić information content (AvgIpc) is 2.61. The first-order valence-electron chi connectivity index (χ1n) is 9.16. The van der Waals surface area contributed by atoms with Crippen LogP contribution in [0.1, 0.15) is 31.4 Å². The van der Waals surface area contributed by atoms with Crippen molar-refractivity contribution in [2.75, 3.05) is 40.3 Å². The molecule has 1 unspecified atom stereocenters. The summed E-state index contributed by atoms with van der Waals surface area (Å²) in [6.07, 6.45) is 5.84. The minimum atomic E-state index is -0.0735. The molecule has 0 radical (unpaired) electrons. The van der Waals surface area contributed by atoms with E-state index in [2.05, 4.69) is 15.2 Å². The van der Waals surface area contributed by atoms with Crippen molar-refractivity contribution in [3.05, 3.63) is 30.1 Å². The fourth-order valence-corrected chi connectivity index (χ4v) is 3.00. The summed E-state index contributed by atoms with van der Waals surface area (Å²) in [6.45, 7) is 2.76. The van der Waals surface area contributed by atoms with Crippen molar-refractivity contribution < 1.29 is 9.59 Å². The maximum Gasteiger partial charge on any atom is 0.224 e. The van der Waals surface area contributed by atoms with Gasteiger partial charge in [0, 0.05) is 44.5 Å². The highest BCUT2D eigenvalue weighted by Gasteiger charge is 2.29. The third-order valence-corrected chi connectivity index (χ3v) is 4.57. The Balaban J connectivity index is 1.65. The fourth-order valence-electron chi connectivity index (χ4n) is 3.00. The van der Waals surface area contributed by atoms with E-state index >= 15 is 0 Å². The number of unbranched alkanes of at least 4 members (excludes halogenated alkanes) is 1. The number of hydrogen-bond acceptors (Lipinski definition) is 4. The van der Waals surface area contributed by atoms with Crippen LogP contribution >= 0.6 is 0 Å². The molecule has 1 atom stereocenters. The van der Waals surface area contributed by atoms with Gasteiger partial charge in [-0.1, -0.05) is 6.07 Å². The molecule has 0 spiro atoms. The number of nitrogens with one attached hydrogen (secondary N) is 1. The zero-order valence-electron chi connectivity index (χ0n) is 15.4. The highest BCUT2D eigenvalue weighted by Crippen LogP contribution is 2.17. The number of carbonyl (C=O) groups excluding carboxylic acids is 2. The Morgan fingerprint density at radius 3 is 2.92 bits per heavy atom. The minimum absolute atomic E-state index is 0.0735. The van der Waals surface area contributed by atoms with E-state index in [4.69, 9.17) is 0 Å². The molecule has 1 fully saturated rings. The average molecular weight is 346 g/mol. The zero-order valence-corrected chi connectivity index (χ0v) is 15.4. The molecule has 1 aromatic rings. The van der Waals surface area contributed by atoms with Crippen molar-refractivity contribution in [3.63, 3.8) is 0 Å². The molecule has 1 N–H and O–H groups in total. The molecule has 6 nitrogen and oxygen atoms in total. The molecule has 2 heterocycles. The van der Waals surface area contributed by atoms with Gasteiger partial charge in [0.2, 0.25) is 11.8 Å². The van der Waals surface area contributed by atoms with Gasteiger partial charge in [-0.2, -0.15) is 0 Å². The molecule has 1 aliphatic heterocycles. The Kier molecular flexibility index (Phi) is 7.85. The van der Waals surface area contributed by atoms with Crippen LogP contribution in [0.2, 0.25) is 0 Å². The number of rotatable bonds is 9. The number of aromatic nitrogens is 1. The van der Waals surface area contributed by atoms with Crippen LogP contribution in [0.4, 0.5) is 0 Å². The molecule has 138 valence electrons. The molecule has 2 amide bonds. The van der Waals surface area contributed by atoms with E-state index in [1.54, 1.807) is 0 Å². The maximum absolute atomic E-state index is 12.3. The summed E-state index contributed by atoms with van der Waals surface area (Å²) in [5.41, 5.74) is 1.09. The summed E-state index contributed by atoms with van der Waals surface area (Å²) >= 11 is 0. The van der Waals surface area contributed by atoms with Crippen LogP contribution in [0.15, 0.2) is 24.4 Å². The van der Waals surface area contributed by atoms with Crippen LogP contribution in [-0.4, -0.2) is 66.9 Å². The molecule has 1 aliphatic rings. The van der Waals surface area contributed by atoms with Gasteiger partial charge in [0.05, 0.1) is 5.92 Å². The largest absolute Gasteiger partial charge is 0.356 e. The molecular weight excluding hydrogens is 316 g/mol. The van der Waals surface area contributed by atoms with Gasteiger partial charge in [0.15, 0.2) is 0 Å². The predicted molar refractivity (Wildman–Crippen MR) is 98.0 cm³/mol. The molecule has 1 aromatic heterocycles. The lowest BCUT2D eigenvalue weighted by Gasteiger charge is -2.32. The van der Waals surface area contributed by atoms with Crippen molar-refractivity contribution in [2.24, 2.45) is 5.92 Å². The third kappa shape index (κ3) is 6.82. The highest BCUT2D eigenvalue weighted by atomic mass is 16.2. The molecule has 0 saturated carbocycles. The number of likely N-dealkylation sites (tertiary alicyclic amines) is 1. The van der Waals surface area contributed by atoms with E-state index in [1.807, 2.05) is 43.4 Å². The van der Waals surface area contributed by atoms with Crippen LogP contribution in [0.25, 0.3) is 0 Å². The van der Waals surface area contributed by atoms with E-state index in [-0.39, 0.29) is 17.7 Å². The van der Waals surface area contributed by atoms with E-state index in [9.17, 15) is 9.59 Å². The van der Waals surface area contributed by atoms with Crippen molar-refractivity contribution in [3.8, 4) is 0 Å². The minimum Gasteiger partial charge on any atom is -0.356 e. The Labute approximate surface area is 150 Å².